The lowest BCUT2D eigenvalue weighted by Crippen LogP contribution is -2.29. The topological polar surface area (TPSA) is 105 Å². The van der Waals surface area contributed by atoms with Gasteiger partial charge < -0.3 is 20.9 Å². The van der Waals surface area contributed by atoms with Gasteiger partial charge in [-0.15, -0.1) is 0 Å². The molecule has 164 valence electrons. The summed E-state index contributed by atoms with van der Waals surface area (Å²) < 4.78 is 10.6. The van der Waals surface area contributed by atoms with Crippen LogP contribution in [0, 0.1) is 17.8 Å². The van der Waals surface area contributed by atoms with Crippen molar-refractivity contribution in [1.29, 1.82) is 0 Å². The smallest absolute Gasteiger partial charge is 0.331 e. The van der Waals surface area contributed by atoms with Crippen LogP contribution in [-0.2, 0) is 25.7 Å². The lowest BCUT2D eigenvalue weighted by molar-refractivity contribution is -0.146. The van der Waals surface area contributed by atoms with Crippen LogP contribution in [0.1, 0.15) is 63.9 Å². The van der Waals surface area contributed by atoms with E-state index in [1.165, 1.54) is 25.7 Å². The normalized spacial score (nSPS) is 27.0. The highest BCUT2D eigenvalue weighted by Crippen LogP contribution is 2.40. The molecule has 4 N–H and O–H groups in total. The highest BCUT2D eigenvalue weighted by molar-refractivity contribution is 5.91. The molecule has 2 aliphatic carbocycles. The van der Waals surface area contributed by atoms with E-state index in [0.29, 0.717) is 16.9 Å². The number of rotatable bonds is 6. The molecule has 3 rings (SSSR count). The summed E-state index contributed by atoms with van der Waals surface area (Å²) in [6.07, 6.45) is 11.7. The first kappa shape index (κ1) is 22.2. The molecular weight excluding hydrogens is 380 g/mol. The molecule has 2 fully saturated rings. The van der Waals surface area contributed by atoms with E-state index < -0.39 is 11.9 Å². The molecule has 0 aliphatic heterocycles. The summed E-state index contributed by atoms with van der Waals surface area (Å²) in [5.41, 5.74) is 13.2. The van der Waals surface area contributed by atoms with Crippen molar-refractivity contribution >= 4 is 23.3 Å². The van der Waals surface area contributed by atoms with Crippen molar-refractivity contribution in [2.24, 2.45) is 17.8 Å². The van der Waals surface area contributed by atoms with Crippen molar-refractivity contribution in [2.45, 2.75) is 71.0 Å². The van der Waals surface area contributed by atoms with Crippen LogP contribution in [0.3, 0.4) is 0 Å². The van der Waals surface area contributed by atoms with Crippen molar-refractivity contribution in [2.75, 3.05) is 11.5 Å². The Morgan fingerprint density at radius 2 is 1.53 bits per heavy atom. The average molecular weight is 415 g/mol. The summed E-state index contributed by atoms with van der Waals surface area (Å²) in [6, 6.07) is 5.01. The summed E-state index contributed by atoms with van der Waals surface area (Å²) in [7, 11) is 0. The largest absolute Gasteiger partial charge is 0.459 e. The maximum absolute atomic E-state index is 12.1. The molecule has 0 aromatic heterocycles. The predicted octanol–water partition coefficient (Wildman–Crippen LogP) is 4.38. The number of hydrogen-bond acceptors (Lipinski definition) is 6. The summed E-state index contributed by atoms with van der Waals surface area (Å²) in [5.74, 6) is 1.40. The predicted molar refractivity (Wildman–Crippen MR) is 117 cm³/mol. The minimum Gasteiger partial charge on any atom is -0.459 e. The SMILES string of the molecule is CC1CCC(C2CCC(OC(=O)/C=C\C(=O)OCc3ccc(N)cc3N)CC2)CC1. The summed E-state index contributed by atoms with van der Waals surface area (Å²) in [6.45, 7) is 2.37. The molecule has 6 heteroatoms. The van der Waals surface area contributed by atoms with Gasteiger partial charge in [0.15, 0.2) is 0 Å². The maximum Gasteiger partial charge on any atom is 0.331 e. The Morgan fingerprint density at radius 1 is 0.933 bits per heavy atom. The average Bonchev–Trinajstić information content (AvgIpc) is 2.73. The summed E-state index contributed by atoms with van der Waals surface area (Å²) >= 11 is 0. The van der Waals surface area contributed by atoms with Gasteiger partial charge in [-0.05, 0) is 68.4 Å². The zero-order valence-electron chi connectivity index (χ0n) is 17.8. The minimum absolute atomic E-state index is 0.0221. The quantitative estimate of drug-likeness (QED) is 0.407. The van der Waals surface area contributed by atoms with Crippen LogP contribution in [0.5, 0.6) is 0 Å². The molecule has 1 aromatic rings. The second-order valence-corrected chi connectivity index (χ2v) is 8.89. The van der Waals surface area contributed by atoms with E-state index in [2.05, 4.69) is 6.92 Å². The van der Waals surface area contributed by atoms with E-state index in [1.807, 2.05) is 0 Å². The number of carbonyl (C=O) groups is 2. The molecule has 0 bridgehead atoms. The number of nitrogens with two attached hydrogens (primary N) is 2. The highest BCUT2D eigenvalue weighted by atomic mass is 16.5. The molecule has 1 aromatic carbocycles. The Bertz CT molecular complexity index is 760. The number of nitrogen functional groups attached to an aromatic ring is 2. The molecule has 0 radical (unpaired) electrons. The molecule has 0 saturated heterocycles. The fraction of sp³-hybridized carbons (Fsp3) is 0.583. The van der Waals surface area contributed by atoms with Gasteiger partial charge in [0, 0.05) is 29.1 Å². The Hall–Kier alpha value is -2.50. The Balaban J connectivity index is 1.36. The molecule has 0 spiro atoms. The fourth-order valence-corrected chi connectivity index (χ4v) is 4.72. The van der Waals surface area contributed by atoms with Gasteiger partial charge in [0.1, 0.15) is 12.7 Å². The molecule has 0 atom stereocenters. The monoisotopic (exact) mass is 414 g/mol. The summed E-state index contributed by atoms with van der Waals surface area (Å²) in [4.78, 5) is 23.9. The van der Waals surface area contributed by atoms with E-state index in [4.69, 9.17) is 20.9 Å². The van der Waals surface area contributed by atoms with Crippen LogP contribution in [0.25, 0.3) is 0 Å². The number of ether oxygens (including phenoxy) is 2. The number of benzene rings is 1. The van der Waals surface area contributed by atoms with Gasteiger partial charge in [-0.3, -0.25) is 0 Å². The van der Waals surface area contributed by atoms with Crippen LogP contribution in [-0.4, -0.2) is 18.0 Å². The first-order chi connectivity index (χ1) is 14.4. The molecule has 0 amide bonds. The summed E-state index contributed by atoms with van der Waals surface area (Å²) in [5, 5.41) is 0. The first-order valence-corrected chi connectivity index (χ1v) is 11.1. The van der Waals surface area contributed by atoms with Crippen molar-refractivity contribution in [1.82, 2.24) is 0 Å². The zero-order chi connectivity index (χ0) is 21.5. The van der Waals surface area contributed by atoms with Gasteiger partial charge in [0.2, 0.25) is 0 Å². The van der Waals surface area contributed by atoms with Gasteiger partial charge in [-0.25, -0.2) is 9.59 Å². The third-order valence-corrected chi connectivity index (χ3v) is 6.62. The molecule has 0 unspecified atom stereocenters. The van der Waals surface area contributed by atoms with Gasteiger partial charge >= 0.3 is 11.9 Å². The van der Waals surface area contributed by atoms with Gasteiger partial charge in [-0.2, -0.15) is 0 Å². The molecule has 2 aliphatic rings. The first-order valence-electron chi connectivity index (χ1n) is 11.1. The Morgan fingerprint density at radius 3 is 2.17 bits per heavy atom. The van der Waals surface area contributed by atoms with Crippen LogP contribution in [0.2, 0.25) is 0 Å². The van der Waals surface area contributed by atoms with Gasteiger partial charge in [0.25, 0.3) is 0 Å². The molecule has 6 nitrogen and oxygen atoms in total. The van der Waals surface area contributed by atoms with Crippen LogP contribution >= 0.6 is 0 Å². The lowest BCUT2D eigenvalue weighted by Gasteiger charge is -2.36. The molecule has 0 heterocycles. The van der Waals surface area contributed by atoms with Crippen molar-refractivity contribution in [3.8, 4) is 0 Å². The zero-order valence-corrected chi connectivity index (χ0v) is 17.8. The van der Waals surface area contributed by atoms with E-state index in [-0.39, 0.29) is 12.7 Å². The van der Waals surface area contributed by atoms with Gasteiger partial charge in [-0.1, -0.05) is 25.8 Å². The minimum atomic E-state index is -0.613. The van der Waals surface area contributed by atoms with Crippen LogP contribution < -0.4 is 11.5 Å². The van der Waals surface area contributed by atoms with Crippen LogP contribution in [0.15, 0.2) is 30.4 Å². The maximum atomic E-state index is 12.1. The fourth-order valence-electron chi connectivity index (χ4n) is 4.72. The number of anilines is 2. The number of carbonyl (C=O) groups excluding carboxylic acids is 2. The van der Waals surface area contributed by atoms with E-state index in [0.717, 1.165) is 55.6 Å². The van der Waals surface area contributed by atoms with Crippen LogP contribution in [0.4, 0.5) is 11.4 Å². The number of hydrogen-bond donors (Lipinski definition) is 2. The number of esters is 2. The standard InChI is InChI=1S/C24H34N2O4/c1-16-2-4-17(5-3-16)18-7-10-21(11-8-18)30-24(28)13-12-23(27)29-15-19-6-9-20(25)14-22(19)26/h6,9,12-14,16-18,21H,2-5,7-8,10-11,15,25-26H2,1H3/b13-12-. The molecule has 30 heavy (non-hydrogen) atoms. The molecular formula is C24H34N2O4. The third-order valence-electron chi connectivity index (χ3n) is 6.62. The Labute approximate surface area is 179 Å². The lowest BCUT2D eigenvalue weighted by atomic mass is 9.71. The van der Waals surface area contributed by atoms with E-state index in [9.17, 15) is 9.59 Å². The van der Waals surface area contributed by atoms with Gasteiger partial charge in [0.05, 0.1) is 0 Å². The third kappa shape index (κ3) is 6.51. The second-order valence-electron chi connectivity index (χ2n) is 8.89. The highest BCUT2D eigenvalue weighted by Gasteiger charge is 2.30. The second kappa shape index (κ2) is 10.5. The Kier molecular flexibility index (Phi) is 7.77. The van der Waals surface area contributed by atoms with E-state index in [1.54, 1.807) is 18.2 Å². The molecule has 2 saturated carbocycles. The van der Waals surface area contributed by atoms with Crippen molar-refractivity contribution in [3.63, 3.8) is 0 Å². The van der Waals surface area contributed by atoms with Crippen molar-refractivity contribution < 1.29 is 19.1 Å². The van der Waals surface area contributed by atoms with E-state index >= 15 is 0 Å². The van der Waals surface area contributed by atoms with Crippen molar-refractivity contribution in [3.05, 3.63) is 35.9 Å².